The molecule has 3 rings (SSSR count). The van der Waals surface area contributed by atoms with E-state index >= 15 is 0 Å². The lowest BCUT2D eigenvalue weighted by molar-refractivity contribution is 0.0682. The first-order chi connectivity index (χ1) is 13.0. The number of pyridine rings is 1. The largest absolute Gasteiger partial charge is 0.352 e. The molecular formula is C21H24ClN3O2. The first-order valence-corrected chi connectivity index (χ1v) is 9.67. The molecule has 2 heterocycles. The average Bonchev–Trinajstić information content (AvgIpc) is 2.69. The zero-order chi connectivity index (χ0) is 19.2. The van der Waals surface area contributed by atoms with E-state index in [1.54, 1.807) is 6.07 Å². The number of benzene rings is 1. The van der Waals surface area contributed by atoms with Gasteiger partial charge in [0.05, 0.1) is 11.1 Å². The Morgan fingerprint density at radius 1 is 1.22 bits per heavy atom. The number of aromatic nitrogens is 1. The van der Waals surface area contributed by atoms with E-state index in [0.29, 0.717) is 35.0 Å². The molecule has 1 saturated heterocycles. The number of carbonyl (C=O) groups is 2. The molecule has 1 N–H and O–H groups in total. The van der Waals surface area contributed by atoms with Crippen molar-refractivity contribution >= 4 is 23.4 Å². The summed E-state index contributed by atoms with van der Waals surface area (Å²) in [5, 5.41) is 3.57. The number of hydrogen-bond donors (Lipinski definition) is 1. The highest BCUT2D eigenvalue weighted by atomic mass is 35.5. The molecule has 0 bridgehead atoms. The lowest BCUT2D eigenvalue weighted by Crippen LogP contribution is -2.39. The molecule has 0 aliphatic carbocycles. The molecule has 1 aromatic heterocycles. The molecule has 1 aliphatic rings. The van der Waals surface area contributed by atoms with Crippen molar-refractivity contribution in [3.8, 4) is 0 Å². The standard InChI is InChI=1S/C21H24ClN3O2/c1-15-3-2-10-25(14-15)21(27)18-11-17(12-23-13-18)20(26)24-9-8-16-4-6-19(22)7-5-16/h4-7,11-13,15H,2-3,8-10,14H2,1H3,(H,24,26). The highest BCUT2D eigenvalue weighted by Crippen LogP contribution is 2.18. The maximum Gasteiger partial charge on any atom is 0.255 e. The van der Waals surface area contributed by atoms with Gasteiger partial charge in [-0.25, -0.2) is 0 Å². The zero-order valence-electron chi connectivity index (χ0n) is 15.5. The first kappa shape index (κ1) is 19.4. The number of hydrogen-bond acceptors (Lipinski definition) is 3. The third kappa shape index (κ3) is 5.30. The molecule has 1 aromatic carbocycles. The molecule has 2 amide bonds. The lowest BCUT2D eigenvalue weighted by atomic mass is 9.99. The van der Waals surface area contributed by atoms with Gasteiger partial charge in [-0.3, -0.25) is 14.6 Å². The first-order valence-electron chi connectivity index (χ1n) is 9.30. The predicted molar refractivity (Wildman–Crippen MR) is 106 cm³/mol. The Bertz CT molecular complexity index is 807. The molecule has 0 saturated carbocycles. The van der Waals surface area contributed by atoms with Crippen molar-refractivity contribution < 1.29 is 9.59 Å². The Hall–Kier alpha value is -2.40. The van der Waals surface area contributed by atoms with Crippen LogP contribution in [0.3, 0.4) is 0 Å². The van der Waals surface area contributed by atoms with Gasteiger partial charge in [0.1, 0.15) is 0 Å². The topological polar surface area (TPSA) is 62.3 Å². The molecule has 1 aliphatic heterocycles. The van der Waals surface area contributed by atoms with Crippen LogP contribution in [0, 0.1) is 5.92 Å². The smallest absolute Gasteiger partial charge is 0.255 e. The Kier molecular flexibility index (Phi) is 6.45. The van der Waals surface area contributed by atoms with Crippen LogP contribution in [0.15, 0.2) is 42.7 Å². The van der Waals surface area contributed by atoms with E-state index < -0.39 is 0 Å². The molecule has 0 spiro atoms. The number of nitrogens with one attached hydrogen (secondary N) is 1. The number of likely N-dealkylation sites (tertiary alicyclic amines) is 1. The fraction of sp³-hybridized carbons (Fsp3) is 0.381. The van der Waals surface area contributed by atoms with Crippen molar-refractivity contribution in [2.75, 3.05) is 19.6 Å². The minimum absolute atomic E-state index is 0.0511. The van der Waals surface area contributed by atoms with Gasteiger partial charge >= 0.3 is 0 Å². The summed E-state index contributed by atoms with van der Waals surface area (Å²) in [7, 11) is 0. The van der Waals surface area contributed by atoms with Crippen molar-refractivity contribution in [2.24, 2.45) is 5.92 Å². The highest BCUT2D eigenvalue weighted by molar-refractivity contribution is 6.30. The lowest BCUT2D eigenvalue weighted by Gasteiger charge is -2.30. The Morgan fingerprint density at radius 2 is 1.96 bits per heavy atom. The quantitative estimate of drug-likeness (QED) is 0.855. The Morgan fingerprint density at radius 3 is 2.70 bits per heavy atom. The molecule has 6 heteroatoms. The van der Waals surface area contributed by atoms with Gasteiger partial charge in [0.15, 0.2) is 0 Å². The van der Waals surface area contributed by atoms with Crippen LogP contribution in [0.4, 0.5) is 0 Å². The summed E-state index contributed by atoms with van der Waals surface area (Å²) < 4.78 is 0. The molecule has 27 heavy (non-hydrogen) atoms. The monoisotopic (exact) mass is 385 g/mol. The zero-order valence-corrected chi connectivity index (χ0v) is 16.2. The maximum atomic E-state index is 12.7. The average molecular weight is 386 g/mol. The number of halogens is 1. The molecule has 5 nitrogen and oxygen atoms in total. The van der Waals surface area contributed by atoms with Crippen LogP contribution in [-0.2, 0) is 6.42 Å². The number of amides is 2. The summed E-state index contributed by atoms with van der Waals surface area (Å²) in [4.78, 5) is 31.0. The van der Waals surface area contributed by atoms with Crippen molar-refractivity contribution in [2.45, 2.75) is 26.2 Å². The summed E-state index contributed by atoms with van der Waals surface area (Å²) >= 11 is 5.87. The van der Waals surface area contributed by atoms with Gasteiger partial charge < -0.3 is 10.2 Å². The van der Waals surface area contributed by atoms with Crippen LogP contribution < -0.4 is 5.32 Å². The van der Waals surface area contributed by atoms with Gasteiger partial charge in [0, 0.05) is 37.1 Å². The van der Waals surface area contributed by atoms with Gasteiger partial charge in [0.25, 0.3) is 11.8 Å². The van der Waals surface area contributed by atoms with Gasteiger partial charge in [0.2, 0.25) is 0 Å². The van der Waals surface area contributed by atoms with Crippen LogP contribution in [0.25, 0.3) is 0 Å². The van der Waals surface area contributed by atoms with E-state index in [1.165, 1.54) is 12.4 Å². The maximum absolute atomic E-state index is 12.7. The fourth-order valence-corrected chi connectivity index (χ4v) is 3.44. The molecule has 1 atom stereocenters. The second-order valence-corrected chi connectivity index (χ2v) is 7.53. The molecule has 142 valence electrons. The number of piperidine rings is 1. The molecule has 1 fully saturated rings. The Labute approximate surface area is 164 Å². The van der Waals surface area contributed by atoms with Crippen LogP contribution in [0.5, 0.6) is 0 Å². The van der Waals surface area contributed by atoms with Gasteiger partial charge in [-0.05, 0) is 48.9 Å². The third-order valence-electron chi connectivity index (χ3n) is 4.80. The second kappa shape index (κ2) is 9.00. The van der Waals surface area contributed by atoms with Gasteiger partial charge in [-0.2, -0.15) is 0 Å². The van der Waals surface area contributed by atoms with E-state index in [4.69, 9.17) is 11.6 Å². The molecule has 0 radical (unpaired) electrons. The summed E-state index contributed by atoms with van der Waals surface area (Å²) in [6, 6.07) is 9.18. The third-order valence-corrected chi connectivity index (χ3v) is 5.06. The number of carbonyl (C=O) groups excluding carboxylic acids is 2. The summed E-state index contributed by atoms with van der Waals surface area (Å²) in [5.41, 5.74) is 1.97. The minimum Gasteiger partial charge on any atom is -0.352 e. The van der Waals surface area contributed by atoms with Crippen LogP contribution in [-0.4, -0.2) is 41.3 Å². The Balaban J connectivity index is 1.58. The van der Waals surface area contributed by atoms with E-state index in [1.807, 2.05) is 29.2 Å². The van der Waals surface area contributed by atoms with Crippen molar-refractivity contribution in [3.05, 3.63) is 64.4 Å². The van der Waals surface area contributed by atoms with Crippen LogP contribution in [0.2, 0.25) is 5.02 Å². The van der Waals surface area contributed by atoms with Gasteiger partial charge in [-0.15, -0.1) is 0 Å². The number of rotatable bonds is 5. The number of nitrogens with zero attached hydrogens (tertiary/aromatic N) is 2. The van der Waals surface area contributed by atoms with Crippen molar-refractivity contribution in [1.29, 1.82) is 0 Å². The summed E-state index contributed by atoms with van der Waals surface area (Å²) in [6.07, 6.45) is 5.91. The molecular weight excluding hydrogens is 362 g/mol. The fourth-order valence-electron chi connectivity index (χ4n) is 3.31. The SMILES string of the molecule is CC1CCCN(C(=O)c2cncc(C(=O)NCCc3ccc(Cl)cc3)c2)C1. The van der Waals surface area contributed by atoms with Crippen molar-refractivity contribution in [1.82, 2.24) is 15.2 Å². The van der Waals surface area contributed by atoms with Gasteiger partial charge in [-0.1, -0.05) is 30.7 Å². The van der Waals surface area contributed by atoms with E-state index in [-0.39, 0.29) is 11.8 Å². The van der Waals surface area contributed by atoms with E-state index in [9.17, 15) is 9.59 Å². The van der Waals surface area contributed by atoms with E-state index in [2.05, 4.69) is 17.2 Å². The summed E-state index contributed by atoms with van der Waals surface area (Å²) in [5.74, 6) is 0.234. The second-order valence-electron chi connectivity index (χ2n) is 7.09. The molecule has 2 aromatic rings. The van der Waals surface area contributed by atoms with Crippen LogP contribution in [0.1, 0.15) is 46.0 Å². The highest BCUT2D eigenvalue weighted by Gasteiger charge is 2.22. The van der Waals surface area contributed by atoms with Crippen molar-refractivity contribution in [3.63, 3.8) is 0 Å². The normalized spacial score (nSPS) is 16.8. The van der Waals surface area contributed by atoms with E-state index in [0.717, 1.165) is 31.5 Å². The van der Waals surface area contributed by atoms with Crippen LogP contribution >= 0.6 is 11.6 Å². The molecule has 1 unspecified atom stereocenters. The summed E-state index contributed by atoms with van der Waals surface area (Å²) in [6.45, 7) is 4.18. The predicted octanol–water partition coefficient (Wildman–Crippen LogP) is 3.58. The minimum atomic E-state index is -0.224.